The first kappa shape index (κ1) is 17.3. The highest BCUT2D eigenvalue weighted by molar-refractivity contribution is 5.98. The molecule has 0 bridgehead atoms. The number of amides is 1. The van der Waals surface area contributed by atoms with Gasteiger partial charge >= 0.3 is 0 Å². The van der Waals surface area contributed by atoms with Crippen LogP contribution in [0.1, 0.15) is 35.7 Å². The van der Waals surface area contributed by atoms with Crippen molar-refractivity contribution in [3.63, 3.8) is 0 Å². The van der Waals surface area contributed by atoms with E-state index in [1.165, 1.54) is 0 Å². The molecule has 0 saturated carbocycles. The van der Waals surface area contributed by atoms with Crippen molar-refractivity contribution >= 4 is 5.91 Å². The van der Waals surface area contributed by atoms with Gasteiger partial charge in [0.2, 0.25) is 0 Å². The first-order chi connectivity index (χ1) is 13.3. The van der Waals surface area contributed by atoms with Gasteiger partial charge in [-0.15, -0.1) is 0 Å². The molecule has 0 aliphatic carbocycles. The van der Waals surface area contributed by atoms with E-state index in [2.05, 4.69) is 24.0 Å². The van der Waals surface area contributed by atoms with Gasteiger partial charge in [-0.25, -0.2) is 0 Å². The molecule has 1 aromatic heterocycles. The zero-order valence-corrected chi connectivity index (χ0v) is 15.4. The maximum atomic E-state index is 12.5. The summed E-state index contributed by atoms with van der Waals surface area (Å²) in [6.07, 6.45) is 5.60. The van der Waals surface area contributed by atoms with Gasteiger partial charge in [-0.1, -0.05) is 43.7 Å². The summed E-state index contributed by atoms with van der Waals surface area (Å²) < 4.78 is 6.15. The lowest BCUT2D eigenvalue weighted by molar-refractivity contribution is 0.0776. The van der Waals surface area contributed by atoms with Crippen molar-refractivity contribution in [2.24, 2.45) is 0 Å². The summed E-state index contributed by atoms with van der Waals surface area (Å²) in [6.45, 7) is 3.60. The lowest BCUT2D eigenvalue weighted by atomic mass is 10.1. The van der Waals surface area contributed by atoms with Crippen molar-refractivity contribution < 1.29 is 9.53 Å². The predicted molar refractivity (Wildman–Crippen MR) is 106 cm³/mol. The molecule has 3 aromatic rings. The molecule has 2 heterocycles. The zero-order valence-electron chi connectivity index (χ0n) is 15.4. The fourth-order valence-corrected chi connectivity index (χ4v) is 3.39. The molecule has 4 rings (SSSR count). The molecule has 1 amide bonds. The number of benzene rings is 2. The summed E-state index contributed by atoms with van der Waals surface area (Å²) >= 11 is 0. The lowest BCUT2D eigenvalue weighted by Crippen LogP contribution is -2.24. The molecule has 1 aliphatic heterocycles. The van der Waals surface area contributed by atoms with Crippen LogP contribution in [0.2, 0.25) is 0 Å². The second-order valence-electron chi connectivity index (χ2n) is 6.74. The SMILES string of the molecule is CCCCN1Cc2cc(Oc3cnccc3-c3ccccc3)ccc2C1=O. The van der Waals surface area contributed by atoms with Crippen LogP contribution in [0.5, 0.6) is 11.5 Å². The molecule has 0 fully saturated rings. The van der Waals surface area contributed by atoms with Crippen LogP contribution in [-0.2, 0) is 6.54 Å². The molecule has 27 heavy (non-hydrogen) atoms. The Morgan fingerprint density at radius 1 is 1.07 bits per heavy atom. The molecule has 0 saturated heterocycles. The van der Waals surface area contributed by atoms with Crippen LogP contribution < -0.4 is 4.74 Å². The third kappa shape index (κ3) is 3.56. The Morgan fingerprint density at radius 3 is 2.74 bits per heavy atom. The minimum Gasteiger partial charge on any atom is -0.455 e. The van der Waals surface area contributed by atoms with Crippen molar-refractivity contribution in [3.8, 4) is 22.6 Å². The summed E-state index contributed by atoms with van der Waals surface area (Å²) in [5, 5.41) is 0. The molecule has 0 atom stereocenters. The number of pyridine rings is 1. The molecule has 4 nitrogen and oxygen atoms in total. The van der Waals surface area contributed by atoms with Crippen LogP contribution in [0.25, 0.3) is 11.1 Å². The molecule has 136 valence electrons. The molecular formula is C23H22N2O2. The van der Waals surface area contributed by atoms with Gasteiger partial charge in [-0.2, -0.15) is 0 Å². The number of nitrogens with zero attached hydrogens (tertiary/aromatic N) is 2. The quantitative estimate of drug-likeness (QED) is 0.601. The monoisotopic (exact) mass is 358 g/mol. The van der Waals surface area contributed by atoms with Crippen LogP contribution in [-0.4, -0.2) is 22.3 Å². The van der Waals surface area contributed by atoms with Gasteiger partial charge in [0.1, 0.15) is 5.75 Å². The van der Waals surface area contributed by atoms with Crippen molar-refractivity contribution in [1.29, 1.82) is 0 Å². The van der Waals surface area contributed by atoms with E-state index in [1.807, 2.05) is 47.4 Å². The zero-order chi connectivity index (χ0) is 18.6. The molecule has 4 heteroatoms. The van der Waals surface area contributed by atoms with E-state index in [4.69, 9.17) is 4.74 Å². The van der Waals surface area contributed by atoms with E-state index in [0.717, 1.165) is 47.4 Å². The van der Waals surface area contributed by atoms with Gasteiger partial charge in [0, 0.05) is 30.4 Å². The molecule has 0 N–H and O–H groups in total. The van der Waals surface area contributed by atoms with E-state index in [-0.39, 0.29) is 5.91 Å². The van der Waals surface area contributed by atoms with Crippen LogP contribution in [0.4, 0.5) is 0 Å². The van der Waals surface area contributed by atoms with E-state index < -0.39 is 0 Å². The summed E-state index contributed by atoms with van der Waals surface area (Å²) in [5.74, 6) is 1.55. The van der Waals surface area contributed by atoms with Crippen molar-refractivity contribution in [2.75, 3.05) is 6.54 Å². The summed E-state index contributed by atoms with van der Waals surface area (Å²) in [4.78, 5) is 18.6. The Bertz CT molecular complexity index is 954. The topological polar surface area (TPSA) is 42.4 Å². The van der Waals surface area contributed by atoms with Crippen LogP contribution in [0.3, 0.4) is 0 Å². The Labute approximate surface area is 159 Å². The highest BCUT2D eigenvalue weighted by Crippen LogP contribution is 2.34. The van der Waals surface area contributed by atoms with Gasteiger partial charge in [0.25, 0.3) is 5.91 Å². The van der Waals surface area contributed by atoms with Crippen LogP contribution >= 0.6 is 0 Å². The number of rotatable bonds is 6. The number of fused-ring (bicyclic) bond motifs is 1. The molecule has 0 radical (unpaired) electrons. The largest absolute Gasteiger partial charge is 0.455 e. The number of hydrogen-bond donors (Lipinski definition) is 0. The normalized spacial score (nSPS) is 12.9. The fourth-order valence-electron chi connectivity index (χ4n) is 3.39. The lowest BCUT2D eigenvalue weighted by Gasteiger charge is -2.14. The molecule has 0 unspecified atom stereocenters. The second-order valence-corrected chi connectivity index (χ2v) is 6.74. The van der Waals surface area contributed by atoms with Gasteiger partial charge in [-0.05, 0) is 41.8 Å². The Balaban J connectivity index is 1.59. The van der Waals surface area contributed by atoms with E-state index in [9.17, 15) is 4.79 Å². The van der Waals surface area contributed by atoms with E-state index in [0.29, 0.717) is 12.3 Å². The maximum Gasteiger partial charge on any atom is 0.254 e. The number of aromatic nitrogens is 1. The first-order valence-corrected chi connectivity index (χ1v) is 9.35. The highest BCUT2D eigenvalue weighted by atomic mass is 16.5. The second kappa shape index (κ2) is 7.62. The van der Waals surface area contributed by atoms with E-state index in [1.54, 1.807) is 12.4 Å². The molecular weight excluding hydrogens is 336 g/mol. The van der Waals surface area contributed by atoms with Crippen molar-refractivity contribution in [2.45, 2.75) is 26.3 Å². The number of unbranched alkanes of at least 4 members (excludes halogenated alkanes) is 1. The summed E-state index contributed by atoms with van der Waals surface area (Å²) in [7, 11) is 0. The Kier molecular flexibility index (Phi) is 4.88. The van der Waals surface area contributed by atoms with Crippen LogP contribution in [0.15, 0.2) is 67.0 Å². The Hall–Kier alpha value is -3.14. The highest BCUT2D eigenvalue weighted by Gasteiger charge is 2.27. The van der Waals surface area contributed by atoms with Crippen molar-refractivity contribution in [3.05, 3.63) is 78.1 Å². The summed E-state index contributed by atoms with van der Waals surface area (Å²) in [5.41, 5.74) is 3.88. The van der Waals surface area contributed by atoms with E-state index >= 15 is 0 Å². The Morgan fingerprint density at radius 2 is 1.93 bits per heavy atom. The van der Waals surface area contributed by atoms with Crippen LogP contribution in [0, 0.1) is 0 Å². The van der Waals surface area contributed by atoms with Gasteiger partial charge < -0.3 is 9.64 Å². The van der Waals surface area contributed by atoms with Gasteiger partial charge in [0.05, 0.1) is 6.20 Å². The third-order valence-electron chi connectivity index (χ3n) is 4.83. The minimum atomic E-state index is 0.122. The predicted octanol–water partition coefficient (Wildman–Crippen LogP) is 5.30. The average molecular weight is 358 g/mol. The molecule has 1 aliphatic rings. The molecule has 2 aromatic carbocycles. The number of carbonyl (C=O) groups excluding carboxylic acids is 1. The standard InChI is InChI=1S/C23H22N2O2/c1-2-3-13-25-16-18-14-19(9-10-21(18)23(25)26)27-22-15-24-12-11-20(22)17-7-5-4-6-8-17/h4-12,14-15H,2-3,13,16H2,1H3. The first-order valence-electron chi connectivity index (χ1n) is 9.35. The minimum absolute atomic E-state index is 0.122. The van der Waals surface area contributed by atoms with Crippen molar-refractivity contribution in [1.82, 2.24) is 9.88 Å². The van der Waals surface area contributed by atoms with Gasteiger partial charge in [0.15, 0.2) is 5.75 Å². The average Bonchev–Trinajstić information content (AvgIpc) is 3.02. The summed E-state index contributed by atoms with van der Waals surface area (Å²) in [6, 6.07) is 17.8. The maximum absolute atomic E-state index is 12.5. The fraction of sp³-hybridized carbons (Fsp3) is 0.217. The number of carbonyl (C=O) groups is 1. The number of ether oxygens (including phenoxy) is 1. The van der Waals surface area contributed by atoms with Gasteiger partial charge in [-0.3, -0.25) is 9.78 Å². The molecule has 0 spiro atoms. The number of hydrogen-bond acceptors (Lipinski definition) is 3. The third-order valence-corrected chi connectivity index (χ3v) is 4.83. The smallest absolute Gasteiger partial charge is 0.254 e.